The number of fused-ring (bicyclic) bond motifs is 1. The number of hydrogen-bond donors (Lipinski definition) is 1. The molecule has 0 spiro atoms. The first-order valence-electron chi connectivity index (χ1n) is 11.3. The van der Waals surface area contributed by atoms with Crippen molar-refractivity contribution in [3.05, 3.63) is 105 Å². The molecule has 0 aliphatic carbocycles. The molecular weight excluding hydrogens is 538 g/mol. The average Bonchev–Trinajstić information content (AvgIpc) is 3.34. The standard InChI is InChI=1S/C28H22BrN3O3S/c1-18-10-12-19(13-11-18)15-31-16-20(21-6-2-5-9-24(21)31)14-25-27(34)32(28(35)36-25)17-26(33)30-23-8-4-3-7-22(23)29/h2-14,16H,15,17H2,1H3,(H,30,33)/b25-14-. The maximum Gasteiger partial charge on any atom is 0.294 e. The summed E-state index contributed by atoms with van der Waals surface area (Å²) in [5.41, 5.74) is 4.84. The molecule has 1 aliphatic heterocycles. The molecule has 2 heterocycles. The van der Waals surface area contributed by atoms with E-state index in [1.54, 1.807) is 24.3 Å². The summed E-state index contributed by atoms with van der Waals surface area (Å²) in [5.74, 6) is -0.914. The van der Waals surface area contributed by atoms with E-state index in [4.69, 9.17) is 0 Å². The molecule has 180 valence electrons. The minimum atomic E-state index is -0.470. The largest absolute Gasteiger partial charge is 0.342 e. The molecule has 0 unspecified atom stereocenters. The number of nitrogens with zero attached hydrogens (tertiary/aromatic N) is 2. The third-order valence-electron chi connectivity index (χ3n) is 5.90. The van der Waals surface area contributed by atoms with E-state index in [1.165, 1.54) is 11.1 Å². The van der Waals surface area contributed by atoms with Crippen molar-refractivity contribution in [3.63, 3.8) is 0 Å². The summed E-state index contributed by atoms with van der Waals surface area (Å²) in [4.78, 5) is 39.5. The number of aryl methyl sites for hydroxylation is 1. The highest BCUT2D eigenvalue weighted by Crippen LogP contribution is 2.34. The van der Waals surface area contributed by atoms with Gasteiger partial charge in [-0.3, -0.25) is 19.3 Å². The molecule has 6 nitrogen and oxygen atoms in total. The van der Waals surface area contributed by atoms with Gasteiger partial charge in [-0.2, -0.15) is 0 Å². The number of rotatable bonds is 6. The first-order valence-corrected chi connectivity index (χ1v) is 12.9. The number of halogens is 1. The predicted molar refractivity (Wildman–Crippen MR) is 148 cm³/mol. The van der Waals surface area contributed by atoms with Crippen LogP contribution in [0.1, 0.15) is 16.7 Å². The summed E-state index contributed by atoms with van der Waals surface area (Å²) in [6.07, 6.45) is 3.74. The molecule has 8 heteroatoms. The zero-order valence-corrected chi connectivity index (χ0v) is 21.8. The van der Waals surface area contributed by atoms with Crippen molar-refractivity contribution in [2.75, 3.05) is 11.9 Å². The number of benzene rings is 3. The molecule has 1 N–H and O–H groups in total. The third-order valence-corrected chi connectivity index (χ3v) is 7.50. The van der Waals surface area contributed by atoms with Crippen LogP contribution >= 0.6 is 27.7 Å². The molecule has 0 bridgehead atoms. The summed E-state index contributed by atoms with van der Waals surface area (Å²) in [6, 6.07) is 23.5. The van der Waals surface area contributed by atoms with Gasteiger partial charge in [-0.05, 0) is 64.5 Å². The minimum Gasteiger partial charge on any atom is -0.342 e. The van der Waals surface area contributed by atoms with Gasteiger partial charge >= 0.3 is 0 Å². The summed E-state index contributed by atoms with van der Waals surface area (Å²) in [5, 5.41) is 3.26. The van der Waals surface area contributed by atoms with E-state index in [2.05, 4.69) is 57.0 Å². The zero-order chi connectivity index (χ0) is 25.2. The number of hydrogen-bond acceptors (Lipinski definition) is 4. The van der Waals surface area contributed by atoms with Gasteiger partial charge in [-0.15, -0.1) is 0 Å². The Morgan fingerprint density at radius 1 is 1.00 bits per heavy atom. The number of anilines is 1. The lowest BCUT2D eigenvalue weighted by Gasteiger charge is -2.13. The van der Waals surface area contributed by atoms with Crippen molar-refractivity contribution in [2.45, 2.75) is 13.5 Å². The van der Waals surface area contributed by atoms with Crippen LogP contribution in [-0.4, -0.2) is 33.1 Å². The normalized spacial score (nSPS) is 14.7. The molecule has 0 atom stereocenters. The van der Waals surface area contributed by atoms with Gasteiger partial charge < -0.3 is 9.88 Å². The Morgan fingerprint density at radius 3 is 2.50 bits per heavy atom. The fourth-order valence-electron chi connectivity index (χ4n) is 4.08. The molecule has 3 amide bonds. The summed E-state index contributed by atoms with van der Waals surface area (Å²) in [6.45, 7) is 2.40. The number of para-hydroxylation sites is 2. The molecule has 1 fully saturated rings. The van der Waals surface area contributed by atoms with E-state index in [0.717, 1.165) is 37.6 Å². The Bertz CT molecular complexity index is 1520. The molecule has 1 saturated heterocycles. The van der Waals surface area contributed by atoms with Crippen molar-refractivity contribution < 1.29 is 14.4 Å². The number of carbonyl (C=O) groups excluding carboxylic acids is 3. The fourth-order valence-corrected chi connectivity index (χ4v) is 5.30. The number of amides is 3. The third kappa shape index (κ3) is 5.01. The lowest BCUT2D eigenvalue weighted by Crippen LogP contribution is -2.36. The molecule has 0 radical (unpaired) electrons. The van der Waals surface area contributed by atoms with Crippen LogP contribution in [0.15, 0.2) is 88.4 Å². The van der Waals surface area contributed by atoms with Gasteiger partial charge in [-0.25, -0.2) is 0 Å². The number of imide groups is 1. The quantitative estimate of drug-likeness (QED) is 0.276. The van der Waals surface area contributed by atoms with Gasteiger partial charge in [0, 0.05) is 33.7 Å². The van der Waals surface area contributed by atoms with E-state index in [9.17, 15) is 14.4 Å². The zero-order valence-electron chi connectivity index (χ0n) is 19.4. The summed E-state index contributed by atoms with van der Waals surface area (Å²) >= 11 is 4.23. The number of carbonyl (C=O) groups is 3. The first-order chi connectivity index (χ1) is 17.4. The van der Waals surface area contributed by atoms with Crippen LogP contribution in [-0.2, 0) is 16.1 Å². The molecular formula is C28H22BrN3O3S. The molecule has 5 rings (SSSR count). The van der Waals surface area contributed by atoms with Crippen LogP contribution in [0.25, 0.3) is 17.0 Å². The van der Waals surface area contributed by atoms with Crippen molar-refractivity contribution in [2.24, 2.45) is 0 Å². The van der Waals surface area contributed by atoms with Gasteiger partial charge in [0.25, 0.3) is 11.1 Å². The van der Waals surface area contributed by atoms with E-state index in [-0.39, 0.29) is 6.54 Å². The lowest BCUT2D eigenvalue weighted by molar-refractivity contribution is -0.127. The highest BCUT2D eigenvalue weighted by atomic mass is 79.9. The van der Waals surface area contributed by atoms with Crippen LogP contribution in [0.5, 0.6) is 0 Å². The van der Waals surface area contributed by atoms with Crippen LogP contribution in [0.2, 0.25) is 0 Å². The van der Waals surface area contributed by atoms with Crippen molar-refractivity contribution in [1.82, 2.24) is 9.47 Å². The van der Waals surface area contributed by atoms with Gasteiger partial charge in [0.2, 0.25) is 5.91 Å². The van der Waals surface area contributed by atoms with E-state index in [1.807, 2.05) is 36.5 Å². The topological polar surface area (TPSA) is 71.4 Å². The first kappa shape index (κ1) is 24.1. The fraction of sp³-hybridized carbons (Fsp3) is 0.107. The summed E-state index contributed by atoms with van der Waals surface area (Å²) in [7, 11) is 0. The Labute approximate surface area is 221 Å². The number of thioether (sulfide) groups is 1. The Kier molecular flexibility index (Phi) is 6.80. The van der Waals surface area contributed by atoms with Crippen LogP contribution < -0.4 is 5.32 Å². The highest BCUT2D eigenvalue weighted by molar-refractivity contribution is 9.10. The van der Waals surface area contributed by atoms with Crippen LogP contribution in [0, 0.1) is 6.92 Å². The minimum absolute atomic E-state index is 0.298. The van der Waals surface area contributed by atoms with Crippen molar-refractivity contribution >= 4 is 67.4 Å². The SMILES string of the molecule is Cc1ccc(Cn2cc(/C=C3\SC(=O)N(CC(=O)Nc4ccccc4Br)C3=O)c3ccccc32)cc1. The Morgan fingerprint density at radius 2 is 1.72 bits per heavy atom. The molecule has 36 heavy (non-hydrogen) atoms. The van der Waals surface area contributed by atoms with Gasteiger partial charge in [0.15, 0.2) is 0 Å². The monoisotopic (exact) mass is 559 g/mol. The highest BCUT2D eigenvalue weighted by Gasteiger charge is 2.36. The van der Waals surface area contributed by atoms with E-state index >= 15 is 0 Å². The predicted octanol–water partition coefficient (Wildman–Crippen LogP) is 6.44. The second kappa shape index (κ2) is 10.2. The molecule has 1 aromatic heterocycles. The average molecular weight is 560 g/mol. The second-order valence-electron chi connectivity index (χ2n) is 8.51. The maximum atomic E-state index is 13.1. The Hall–Kier alpha value is -3.62. The number of nitrogens with one attached hydrogen (secondary N) is 1. The van der Waals surface area contributed by atoms with Crippen LogP contribution in [0.3, 0.4) is 0 Å². The van der Waals surface area contributed by atoms with Gasteiger partial charge in [-0.1, -0.05) is 60.2 Å². The molecule has 0 saturated carbocycles. The molecule has 1 aliphatic rings. The molecule has 3 aromatic carbocycles. The van der Waals surface area contributed by atoms with Gasteiger partial charge in [0.05, 0.1) is 10.6 Å². The van der Waals surface area contributed by atoms with Gasteiger partial charge in [0.1, 0.15) is 6.54 Å². The van der Waals surface area contributed by atoms with Crippen LogP contribution in [0.4, 0.5) is 10.5 Å². The second-order valence-corrected chi connectivity index (χ2v) is 10.4. The van der Waals surface area contributed by atoms with E-state index in [0.29, 0.717) is 17.1 Å². The summed E-state index contributed by atoms with van der Waals surface area (Å²) < 4.78 is 2.86. The molecule has 4 aromatic rings. The lowest BCUT2D eigenvalue weighted by atomic mass is 10.1. The van der Waals surface area contributed by atoms with Crippen molar-refractivity contribution in [1.29, 1.82) is 0 Å². The van der Waals surface area contributed by atoms with Crippen molar-refractivity contribution in [3.8, 4) is 0 Å². The number of aromatic nitrogens is 1. The van der Waals surface area contributed by atoms with E-state index < -0.39 is 17.1 Å². The smallest absolute Gasteiger partial charge is 0.294 e. The maximum absolute atomic E-state index is 13.1. The Balaban J connectivity index is 1.38.